The number of ether oxygens (including phenoxy) is 2. The van der Waals surface area contributed by atoms with Crippen molar-refractivity contribution >= 4 is 21.8 Å². The highest BCUT2D eigenvalue weighted by Crippen LogP contribution is 2.24. The van der Waals surface area contributed by atoms with Gasteiger partial charge in [-0.3, -0.25) is 14.5 Å². The van der Waals surface area contributed by atoms with Crippen LogP contribution in [0.25, 0.3) is 0 Å². The van der Waals surface area contributed by atoms with E-state index in [0.29, 0.717) is 23.5 Å². The van der Waals surface area contributed by atoms with Crippen LogP contribution in [0.15, 0.2) is 52.4 Å². The van der Waals surface area contributed by atoms with Gasteiger partial charge in [0.25, 0.3) is 10.0 Å². The molecule has 2 aromatic carbocycles. The Morgan fingerprint density at radius 1 is 1.13 bits per heavy atom. The number of nitrogens with zero attached hydrogens (tertiary/aromatic N) is 1. The molecule has 0 radical (unpaired) electrons. The zero-order chi connectivity index (χ0) is 22.4. The van der Waals surface area contributed by atoms with Gasteiger partial charge in [-0.05, 0) is 36.2 Å². The van der Waals surface area contributed by atoms with Crippen molar-refractivity contribution in [3.05, 3.63) is 53.6 Å². The number of rotatable bonds is 9. The van der Waals surface area contributed by atoms with E-state index >= 15 is 0 Å². The zero-order valence-corrected chi connectivity index (χ0v) is 18.7. The standard InChI is InChI=1S/C22H27N3O5S/c1-4-5-9-19(24-21-18-8-6-7-10-20(18)31(27,28)25-21)22(26)23-14-15-11-16(29-2)13-17(12-15)30-3/h6-8,10-13,19H,4-5,9,14H2,1-3H3,(H,23,26)(H,24,25). The summed E-state index contributed by atoms with van der Waals surface area (Å²) in [7, 11) is -0.530. The van der Waals surface area contributed by atoms with E-state index in [1.54, 1.807) is 38.5 Å². The molecular formula is C22H27N3O5S. The van der Waals surface area contributed by atoms with Gasteiger partial charge in [-0.1, -0.05) is 31.9 Å². The van der Waals surface area contributed by atoms with Crippen molar-refractivity contribution < 1.29 is 22.7 Å². The Hall–Kier alpha value is -3.07. The second-order valence-electron chi connectivity index (χ2n) is 7.18. The van der Waals surface area contributed by atoms with Crippen LogP contribution in [-0.4, -0.2) is 40.4 Å². The van der Waals surface area contributed by atoms with Crippen LogP contribution in [0.2, 0.25) is 0 Å². The number of hydrogen-bond donors (Lipinski definition) is 2. The first-order valence-corrected chi connectivity index (χ1v) is 11.6. The molecule has 9 heteroatoms. The first kappa shape index (κ1) is 22.6. The smallest absolute Gasteiger partial charge is 0.263 e. The van der Waals surface area contributed by atoms with Crippen LogP contribution in [0.4, 0.5) is 0 Å². The summed E-state index contributed by atoms with van der Waals surface area (Å²) in [5.41, 5.74) is 1.30. The molecule has 1 aliphatic heterocycles. The third kappa shape index (κ3) is 5.35. The largest absolute Gasteiger partial charge is 0.497 e. The third-order valence-electron chi connectivity index (χ3n) is 4.96. The number of benzene rings is 2. The summed E-state index contributed by atoms with van der Waals surface area (Å²) in [6, 6.07) is 11.3. The molecule has 0 aromatic heterocycles. The summed E-state index contributed by atoms with van der Waals surface area (Å²) in [6.07, 6.45) is 2.19. The van der Waals surface area contributed by atoms with Crippen LogP contribution in [0.1, 0.15) is 37.3 Å². The van der Waals surface area contributed by atoms with E-state index in [0.717, 1.165) is 18.4 Å². The van der Waals surface area contributed by atoms with Gasteiger partial charge in [0.2, 0.25) is 5.91 Å². The molecule has 0 aliphatic carbocycles. The number of hydrogen-bond acceptors (Lipinski definition) is 6. The van der Waals surface area contributed by atoms with Gasteiger partial charge in [-0.2, -0.15) is 0 Å². The maximum absolute atomic E-state index is 12.9. The number of nitrogens with one attached hydrogen (secondary N) is 2. The summed E-state index contributed by atoms with van der Waals surface area (Å²) in [4.78, 5) is 17.6. The quantitative estimate of drug-likeness (QED) is 0.617. The van der Waals surface area contributed by atoms with E-state index in [9.17, 15) is 13.2 Å². The average Bonchev–Trinajstić information content (AvgIpc) is 3.04. The van der Waals surface area contributed by atoms with E-state index in [1.165, 1.54) is 6.07 Å². The highest BCUT2D eigenvalue weighted by molar-refractivity contribution is 7.90. The topological polar surface area (TPSA) is 106 Å². The molecule has 166 valence electrons. The maximum atomic E-state index is 12.9. The van der Waals surface area contributed by atoms with Crippen molar-refractivity contribution in [3.8, 4) is 11.5 Å². The highest BCUT2D eigenvalue weighted by Gasteiger charge is 2.31. The Morgan fingerprint density at radius 2 is 1.81 bits per heavy atom. The number of carbonyl (C=O) groups is 1. The minimum atomic E-state index is -3.66. The van der Waals surface area contributed by atoms with Crippen LogP contribution in [0.5, 0.6) is 11.5 Å². The Kier molecular flexibility index (Phi) is 7.17. The molecule has 0 fully saturated rings. The van der Waals surface area contributed by atoms with E-state index in [-0.39, 0.29) is 23.2 Å². The summed E-state index contributed by atoms with van der Waals surface area (Å²) in [5, 5.41) is 2.89. The van der Waals surface area contributed by atoms with Crippen LogP contribution >= 0.6 is 0 Å². The minimum absolute atomic E-state index is 0.173. The summed E-state index contributed by atoms with van der Waals surface area (Å²) in [5.74, 6) is 1.19. The Balaban J connectivity index is 1.80. The number of sulfonamides is 1. The van der Waals surface area contributed by atoms with Gasteiger partial charge in [0, 0.05) is 18.2 Å². The van der Waals surface area contributed by atoms with Crippen molar-refractivity contribution in [2.24, 2.45) is 4.99 Å². The Bertz CT molecular complexity index is 1060. The monoisotopic (exact) mass is 445 g/mol. The number of amides is 1. The molecule has 1 atom stereocenters. The molecule has 0 spiro atoms. The lowest BCUT2D eigenvalue weighted by Gasteiger charge is -2.15. The van der Waals surface area contributed by atoms with Gasteiger partial charge in [-0.15, -0.1) is 0 Å². The van der Waals surface area contributed by atoms with Crippen molar-refractivity contribution in [1.29, 1.82) is 0 Å². The zero-order valence-electron chi connectivity index (χ0n) is 17.8. The lowest BCUT2D eigenvalue weighted by Crippen LogP contribution is -2.35. The molecule has 8 nitrogen and oxygen atoms in total. The van der Waals surface area contributed by atoms with Crippen molar-refractivity contribution in [2.45, 2.75) is 43.7 Å². The second kappa shape index (κ2) is 9.82. The van der Waals surface area contributed by atoms with Crippen LogP contribution in [0.3, 0.4) is 0 Å². The molecule has 1 amide bonds. The average molecular weight is 446 g/mol. The number of fused-ring (bicyclic) bond motifs is 1. The predicted molar refractivity (Wildman–Crippen MR) is 118 cm³/mol. The van der Waals surface area contributed by atoms with Crippen molar-refractivity contribution in [1.82, 2.24) is 10.0 Å². The van der Waals surface area contributed by atoms with Gasteiger partial charge < -0.3 is 14.8 Å². The van der Waals surface area contributed by atoms with Crippen LogP contribution in [0, 0.1) is 0 Å². The third-order valence-corrected chi connectivity index (χ3v) is 6.36. The molecule has 3 rings (SSSR count). The fourth-order valence-electron chi connectivity index (χ4n) is 3.31. The predicted octanol–water partition coefficient (Wildman–Crippen LogP) is 2.62. The molecule has 1 aliphatic rings. The number of amidine groups is 1. The van der Waals surface area contributed by atoms with Gasteiger partial charge in [0.05, 0.1) is 19.1 Å². The molecule has 2 N–H and O–H groups in total. The first-order chi connectivity index (χ1) is 14.9. The minimum Gasteiger partial charge on any atom is -0.497 e. The molecule has 0 bridgehead atoms. The lowest BCUT2D eigenvalue weighted by atomic mass is 10.1. The SMILES string of the molecule is CCCCC(N=C1NS(=O)(=O)c2ccccc21)C(=O)NCc1cc(OC)cc(OC)c1. The Morgan fingerprint density at radius 3 is 2.45 bits per heavy atom. The number of unbranched alkanes of at least 4 members (excludes halogenated alkanes) is 1. The maximum Gasteiger partial charge on any atom is 0.263 e. The van der Waals surface area contributed by atoms with E-state index < -0.39 is 16.1 Å². The van der Waals surface area contributed by atoms with E-state index in [4.69, 9.17) is 9.47 Å². The second-order valence-corrected chi connectivity index (χ2v) is 8.83. The van der Waals surface area contributed by atoms with Gasteiger partial charge in [0.15, 0.2) is 0 Å². The Labute approximate surface area is 182 Å². The highest BCUT2D eigenvalue weighted by atomic mass is 32.2. The summed E-state index contributed by atoms with van der Waals surface area (Å²) in [6.45, 7) is 2.29. The number of methoxy groups -OCH3 is 2. The fraction of sp³-hybridized carbons (Fsp3) is 0.364. The van der Waals surface area contributed by atoms with Gasteiger partial charge in [-0.25, -0.2) is 8.42 Å². The number of aliphatic imine (C=N–C) groups is 1. The summed E-state index contributed by atoms with van der Waals surface area (Å²) >= 11 is 0. The van der Waals surface area contributed by atoms with Gasteiger partial charge in [0.1, 0.15) is 23.4 Å². The first-order valence-electron chi connectivity index (χ1n) is 10.1. The fourth-order valence-corrected chi connectivity index (χ4v) is 4.55. The van der Waals surface area contributed by atoms with E-state index in [1.807, 2.05) is 19.1 Å². The van der Waals surface area contributed by atoms with Crippen LogP contribution in [-0.2, 0) is 21.4 Å². The lowest BCUT2D eigenvalue weighted by molar-refractivity contribution is -0.122. The molecular weight excluding hydrogens is 418 g/mol. The number of carbonyl (C=O) groups excluding carboxylic acids is 1. The molecule has 2 aromatic rings. The van der Waals surface area contributed by atoms with E-state index in [2.05, 4.69) is 15.0 Å². The molecule has 1 unspecified atom stereocenters. The normalized spacial score (nSPS) is 16.3. The van der Waals surface area contributed by atoms with Crippen LogP contribution < -0.4 is 19.5 Å². The molecule has 0 saturated carbocycles. The van der Waals surface area contributed by atoms with Gasteiger partial charge >= 0.3 is 0 Å². The molecule has 1 heterocycles. The van der Waals surface area contributed by atoms with Crippen molar-refractivity contribution in [2.75, 3.05) is 14.2 Å². The molecule has 31 heavy (non-hydrogen) atoms. The van der Waals surface area contributed by atoms with Crippen molar-refractivity contribution in [3.63, 3.8) is 0 Å². The summed E-state index contributed by atoms with van der Waals surface area (Å²) < 4.78 is 37.7. The molecule has 0 saturated heterocycles.